The van der Waals surface area contributed by atoms with Gasteiger partial charge in [-0.3, -0.25) is 9.59 Å². The van der Waals surface area contributed by atoms with Crippen LogP contribution >= 0.6 is 11.8 Å². The Kier molecular flexibility index (Phi) is 5.57. The van der Waals surface area contributed by atoms with Crippen LogP contribution in [0.2, 0.25) is 0 Å². The molecule has 0 saturated carbocycles. The van der Waals surface area contributed by atoms with Crippen molar-refractivity contribution in [1.82, 2.24) is 15.5 Å². The van der Waals surface area contributed by atoms with Gasteiger partial charge in [0.1, 0.15) is 5.69 Å². The highest BCUT2D eigenvalue weighted by atomic mass is 32.2. The van der Waals surface area contributed by atoms with Crippen molar-refractivity contribution in [3.05, 3.63) is 63.6 Å². The fourth-order valence-electron chi connectivity index (χ4n) is 1.67. The van der Waals surface area contributed by atoms with Gasteiger partial charge in [-0.2, -0.15) is 16.9 Å². The molecular formula is C15H17N3O2S. The van der Waals surface area contributed by atoms with Crippen molar-refractivity contribution < 1.29 is 4.79 Å². The first-order chi connectivity index (χ1) is 10.1. The molecule has 0 radical (unpaired) electrons. The molecule has 1 aromatic carbocycles. The van der Waals surface area contributed by atoms with E-state index in [4.69, 9.17) is 0 Å². The first-order valence-corrected chi connectivity index (χ1v) is 7.78. The van der Waals surface area contributed by atoms with E-state index >= 15 is 0 Å². The topological polar surface area (TPSA) is 74.8 Å². The van der Waals surface area contributed by atoms with Crippen LogP contribution < -0.4 is 10.9 Å². The second-order valence-electron chi connectivity index (χ2n) is 4.60. The van der Waals surface area contributed by atoms with Gasteiger partial charge in [0, 0.05) is 24.1 Å². The van der Waals surface area contributed by atoms with Crippen LogP contribution in [0.4, 0.5) is 0 Å². The van der Waals surface area contributed by atoms with Crippen molar-refractivity contribution in [2.75, 3.05) is 12.3 Å². The van der Waals surface area contributed by atoms with Gasteiger partial charge in [0.2, 0.25) is 0 Å². The Hall–Kier alpha value is -2.08. The maximum absolute atomic E-state index is 11.7. The van der Waals surface area contributed by atoms with Crippen molar-refractivity contribution in [1.29, 1.82) is 0 Å². The number of aryl methyl sites for hydroxylation is 1. The minimum atomic E-state index is -0.319. The van der Waals surface area contributed by atoms with Crippen LogP contribution in [0.25, 0.3) is 0 Å². The van der Waals surface area contributed by atoms with Gasteiger partial charge < -0.3 is 5.32 Å². The van der Waals surface area contributed by atoms with E-state index < -0.39 is 0 Å². The predicted octanol–water partition coefficient (Wildman–Crippen LogP) is 1.74. The van der Waals surface area contributed by atoms with Gasteiger partial charge in [-0.05, 0) is 18.6 Å². The first kappa shape index (κ1) is 15.3. The number of hydrogen-bond donors (Lipinski definition) is 2. The van der Waals surface area contributed by atoms with Gasteiger partial charge in [0.25, 0.3) is 11.5 Å². The third-order valence-electron chi connectivity index (χ3n) is 2.83. The van der Waals surface area contributed by atoms with Crippen LogP contribution in [-0.2, 0) is 5.75 Å². The van der Waals surface area contributed by atoms with Crippen LogP contribution in [-0.4, -0.2) is 28.4 Å². The minimum Gasteiger partial charge on any atom is -0.350 e. The summed E-state index contributed by atoms with van der Waals surface area (Å²) in [6, 6.07) is 11.1. The molecule has 2 N–H and O–H groups in total. The zero-order valence-corrected chi connectivity index (χ0v) is 12.6. The molecule has 0 aliphatic carbocycles. The molecule has 1 heterocycles. The molecule has 2 rings (SSSR count). The second kappa shape index (κ2) is 7.64. The quantitative estimate of drug-likeness (QED) is 0.797. The number of thioether (sulfide) groups is 1. The lowest BCUT2D eigenvalue weighted by Crippen LogP contribution is -2.27. The summed E-state index contributed by atoms with van der Waals surface area (Å²) in [6.45, 7) is 2.63. The van der Waals surface area contributed by atoms with Crippen molar-refractivity contribution in [3.8, 4) is 0 Å². The summed E-state index contributed by atoms with van der Waals surface area (Å²) in [6.07, 6.45) is 0. The minimum absolute atomic E-state index is 0.220. The molecule has 5 nitrogen and oxygen atoms in total. The van der Waals surface area contributed by atoms with Crippen LogP contribution in [0.15, 0.2) is 41.2 Å². The molecular weight excluding hydrogens is 286 g/mol. The highest BCUT2D eigenvalue weighted by molar-refractivity contribution is 7.98. The first-order valence-electron chi connectivity index (χ1n) is 6.62. The maximum Gasteiger partial charge on any atom is 0.271 e. The van der Waals surface area contributed by atoms with Crippen molar-refractivity contribution in [2.24, 2.45) is 0 Å². The van der Waals surface area contributed by atoms with Gasteiger partial charge >= 0.3 is 0 Å². The number of aromatic amines is 1. The summed E-state index contributed by atoms with van der Waals surface area (Å²) >= 11 is 1.76. The average Bonchev–Trinajstić information content (AvgIpc) is 2.49. The molecule has 0 fully saturated rings. The molecule has 110 valence electrons. The number of nitrogens with zero attached hydrogens (tertiary/aromatic N) is 1. The average molecular weight is 303 g/mol. The molecule has 0 unspecified atom stereocenters. The lowest BCUT2D eigenvalue weighted by atomic mass is 10.2. The summed E-state index contributed by atoms with van der Waals surface area (Å²) < 4.78 is 0. The fraction of sp³-hybridized carbons (Fsp3) is 0.267. The fourth-order valence-corrected chi connectivity index (χ4v) is 2.49. The van der Waals surface area contributed by atoms with E-state index in [1.54, 1.807) is 11.8 Å². The normalized spacial score (nSPS) is 10.3. The predicted molar refractivity (Wildman–Crippen MR) is 84.5 cm³/mol. The summed E-state index contributed by atoms with van der Waals surface area (Å²) in [5.74, 6) is 1.47. The largest absolute Gasteiger partial charge is 0.350 e. The van der Waals surface area contributed by atoms with E-state index in [0.717, 1.165) is 11.5 Å². The van der Waals surface area contributed by atoms with Gasteiger partial charge in [0.15, 0.2) is 0 Å². The zero-order valence-electron chi connectivity index (χ0n) is 11.8. The van der Waals surface area contributed by atoms with Crippen LogP contribution in [0, 0.1) is 6.92 Å². The third kappa shape index (κ3) is 5.07. The van der Waals surface area contributed by atoms with Crippen LogP contribution in [0.3, 0.4) is 0 Å². The monoisotopic (exact) mass is 303 g/mol. The van der Waals surface area contributed by atoms with E-state index in [0.29, 0.717) is 6.54 Å². The number of carbonyl (C=O) groups excluding carboxylic acids is 1. The molecule has 0 bridgehead atoms. The SMILES string of the molecule is Cc1ccc(CSCCNC(=O)c2ccc(=O)[nH]n2)cc1. The van der Waals surface area contributed by atoms with Gasteiger partial charge in [0.05, 0.1) is 0 Å². The summed E-state index contributed by atoms with van der Waals surface area (Å²) in [5.41, 5.74) is 2.43. The van der Waals surface area contributed by atoms with Crippen molar-refractivity contribution in [2.45, 2.75) is 12.7 Å². The summed E-state index contributed by atoms with van der Waals surface area (Å²) in [4.78, 5) is 22.6. The molecule has 0 aliphatic heterocycles. The number of hydrogen-bond acceptors (Lipinski definition) is 4. The highest BCUT2D eigenvalue weighted by Crippen LogP contribution is 2.12. The van der Waals surface area contributed by atoms with E-state index in [9.17, 15) is 9.59 Å². The molecule has 1 aromatic heterocycles. The Morgan fingerprint density at radius 1 is 1.24 bits per heavy atom. The van der Waals surface area contributed by atoms with Crippen molar-refractivity contribution in [3.63, 3.8) is 0 Å². The number of amides is 1. The molecule has 0 aliphatic rings. The number of H-pyrrole nitrogens is 1. The number of aromatic nitrogens is 2. The third-order valence-corrected chi connectivity index (χ3v) is 3.86. The summed E-state index contributed by atoms with van der Waals surface area (Å²) in [7, 11) is 0. The lowest BCUT2D eigenvalue weighted by molar-refractivity contribution is 0.0950. The molecule has 6 heteroatoms. The van der Waals surface area contributed by atoms with Gasteiger partial charge in [-0.1, -0.05) is 29.8 Å². The Morgan fingerprint density at radius 3 is 2.67 bits per heavy atom. The Bertz CT molecular complexity index is 632. The molecule has 1 amide bonds. The summed E-state index contributed by atoms with van der Waals surface area (Å²) in [5, 5.41) is 8.68. The number of rotatable bonds is 6. The highest BCUT2D eigenvalue weighted by Gasteiger charge is 2.05. The van der Waals surface area contributed by atoms with Crippen molar-refractivity contribution >= 4 is 17.7 Å². The Morgan fingerprint density at radius 2 is 2.00 bits per heavy atom. The van der Waals surface area contributed by atoms with E-state index in [1.807, 2.05) is 0 Å². The van der Waals surface area contributed by atoms with E-state index in [-0.39, 0.29) is 17.2 Å². The standard InChI is InChI=1S/C15H17N3O2S/c1-11-2-4-12(5-3-11)10-21-9-8-16-15(20)13-6-7-14(19)18-17-13/h2-7H,8-10H2,1H3,(H,16,20)(H,18,19). The smallest absolute Gasteiger partial charge is 0.271 e. The number of nitrogens with one attached hydrogen (secondary N) is 2. The van der Waals surface area contributed by atoms with Gasteiger partial charge in [-0.25, -0.2) is 5.10 Å². The molecule has 2 aromatic rings. The van der Waals surface area contributed by atoms with Gasteiger partial charge in [-0.15, -0.1) is 0 Å². The molecule has 0 saturated heterocycles. The number of benzene rings is 1. The molecule has 0 spiro atoms. The Balaban J connectivity index is 1.67. The maximum atomic E-state index is 11.7. The zero-order chi connectivity index (χ0) is 15.1. The van der Waals surface area contributed by atoms with E-state index in [1.165, 1.54) is 23.3 Å². The van der Waals surface area contributed by atoms with E-state index in [2.05, 4.69) is 46.7 Å². The second-order valence-corrected chi connectivity index (χ2v) is 5.71. The molecule has 0 atom stereocenters. The lowest BCUT2D eigenvalue weighted by Gasteiger charge is -2.05. The molecule has 21 heavy (non-hydrogen) atoms. The number of carbonyl (C=O) groups is 1. The van der Waals surface area contributed by atoms with Crippen LogP contribution in [0.1, 0.15) is 21.6 Å². The van der Waals surface area contributed by atoms with Crippen LogP contribution in [0.5, 0.6) is 0 Å². The Labute approximate surface area is 127 Å².